The molecule has 0 aliphatic carbocycles. The Hall–Kier alpha value is -0.940. The van der Waals surface area contributed by atoms with Gasteiger partial charge in [0.1, 0.15) is 13.2 Å². The number of hydrogen-bond acceptors (Lipinski definition) is 2. The molecule has 136 valence electrons. The lowest BCUT2D eigenvalue weighted by Gasteiger charge is -2.15. The third-order valence-corrected chi connectivity index (χ3v) is 4.99. The molecule has 0 amide bonds. The number of hydrogen-bond donors (Lipinski definition) is 1. The van der Waals surface area contributed by atoms with E-state index in [-0.39, 0.29) is 0 Å². The van der Waals surface area contributed by atoms with E-state index in [0.717, 1.165) is 23.1 Å². The van der Waals surface area contributed by atoms with Gasteiger partial charge in [0.25, 0.3) is 0 Å². The fourth-order valence-electron chi connectivity index (χ4n) is 2.44. The molecule has 0 bridgehead atoms. The molecular weight excluding hydrogens is 425 g/mol. The standard InChI is InChI=1S/C19H22BrCl2NO2/c1-3-4-7-23-11-13-8-16(20)19(18(9-13)24-2)25-12-14-5-6-15(21)10-17(14)22/h5-6,8-10,23H,3-4,7,11-12H2,1-2H3/p+1. The van der Waals surface area contributed by atoms with E-state index in [0.29, 0.717) is 28.2 Å². The van der Waals surface area contributed by atoms with Crippen molar-refractivity contribution < 1.29 is 14.8 Å². The molecule has 2 aromatic rings. The van der Waals surface area contributed by atoms with Crippen LogP contribution in [0.3, 0.4) is 0 Å². The van der Waals surface area contributed by atoms with Crippen molar-refractivity contribution in [2.24, 2.45) is 0 Å². The van der Waals surface area contributed by atoms with E-state index in [9.17, 15) is 0 Å². The SMILES string of the molecule is CCCC[NH2+]Cc1cc(Br)c(OCc2ccc(Cl)cc2Cl)c(OC)c1. The van der Waals surface area contributed by atoms with Crippen LogP contribution in [-0.2, 0) is 13.2 Å². The molecule has 0 heterocycles. The summed E-state index contributed by atoms with van der Waals surface area (Å²) in [6.07, 6.45) is 2.44. The van der Waals surface area contributed by atoms with Gasteiger partial charge < -0.3 is 14.8 Å². The first-order valence-corrected chi connectivity index (χ1v) is 9.84. The molecule has 2 N–H and O–H groups in total. The second kappa shape index (κ2) is 10.3. The van der Waals surface area contributed by atoms with Crippen molar-refractivity contribution in [3.8, 4) is 11.5 Å². The van der Waals surface area contributed by atoms with E-state index in [1.165, 1.54) is 18.4 Å². The largest absolute Gasteiger partial charge is 0.493 e. The fourth-order valence-corrected chi connectivity index (χ4v) is 3.50. The Bertz CT molecular complexity index is 710. The molecule has 0 unspecified atom stereocenters. The van der Waals surface area contributed by atoms with Crippen LogP contribution in [0, 0.1) is 0 Å². The Morgan fingerprint density at radius 1 is 1.16 bits per heavy atom. The second-order valence-corrected chi connectivity index (χ2v) is 7.47. The summed E-state index contributed by atoms with van der Waals surface area (Å²) >= 11 is 15.7. The maximum atomic E-state index is 6.21. The van der Waals surface area contributed by atoms with Crippen LogP contribution < -0.4 is 14.8 Å². The van der Waals surface area contributed by atoms with E-state index in [1.54, 1.807) is 19.2 Å². The summed E-state index contributed by atoms with van der Waals surface area (Å²) in [5, 5.41) is 3.50. The Morgan fingerprint density at radius 3 is 2.64 bits per heavy atom. The Balaban J connectivity index is 2.09. The van der Waals surface area contributed by atoms with Crippen LogP contribution in [0.4, 0.5) is 0 Å². The van der Waals surface area contributed by atoms with Crippen molar-refractivity contribution >= 4 is 39.1 Å². The van der Waals surface area contributed by atoms with Gasteiger partial charge in [-0.1, -0.05) is 42.6 Å². The Labute approximate surface area is 167 Å². The summed E-state index contributed by atoms with van der Waals surface area (Å²) in [5.74, 6) is 1.38. The van der Waals surface area contributed by atoms with Crippen LogP contribution in [0.1, 0.15) is 30.9 Å². The number of methoxy groups -OCH3 is 1. The van der Waals surface area contributed by atoms with Crippen LogP contribution in [0.5, 0.6) is 11.5 Å². The quantitative estimate of drug-likeness (QED) is 0.535. The molecule has 0 radical (unpaired) electrons. The lowest BCUT2D eigenvalue weighted by Crippen LogP contribution is -2.82. The van der Waals surface area contributed by atoms with Gasteiger partial charge in [-0.2, -0.15) is 0 Å². The summed E-state index contributed by atoms with van der Waals surface area (Å²) in [6, 6.07) is 9.47. The number of ether oxygens (including phenoxy) is 2. The third kappa shape index (κ3) is 6.07. The summed E-state index contributed by atoms with van der Waals surface area (Å²) in [7, 11) is 1.65. The van der Waals surface area contributed by atoms with Crippen LogP contribution in [0.25, 0.3) is 0 Å². The van der Waals surface area contributed by atoms with Gasteiger partial charge in [-0.25, -0.2) is 0 Å². The highest BCUT2D eigenvalue weighted by Gasteiger charge is 2.13. The van der Waals surface area contributed by atoms with Crippen molar-refractivity contribution in [2.75, 3.05) is 13.7 Å². The molecule has 2 rings (SSSR count). The molecule has 0 aliphatic rings. The van der Waals surface area contributed by atoms with Crippen LogP contribution in [0.15, 0.2) is 34.8 Å². The summed E-state index contributed by atoms with van der Waals surface area (Å²) in [4.78, 5) is 0. The molecule has 6 heteroatoms. The first-order valence-electron chi connectivity index (χ1n) is 8.30. The molecule has 0 saturated heterocycles. The van der Waals surface area contributed by atoms with Crippen molar-refractivity contribution in [2.45, 2.75) is 32.9 Å². The predicted molar refractivity (Wildman–Crippen MR) is 107 cm³/mol. The van der Waals surface area contributed by atoms with Gasteiger partial charge in [0.05, 0.1) is 18.1 Å². The number of benzene rings is 2. The van der Waals surface area contributed by atoms with Crippen molar-refractivity contribution in [3.05, 3.63) is 56.0 Å². The van der Waals surface area contributed by atoms with Crippen LogP contribution in [-0.4, -0.2) is 13.7 Å². The topological polar surface area (TPSA) is 35.1 Å². The molecule has 0 aromatic heterocycles. The summed E-state index contributed by atoms with van der Waals surface area (Å²) in [6.45, 7) is 4.58. The molecule has 2 aromatic carbocycles. The molecule has 0 spiro atoms. The Morgan fingerprint density at radius 2 is 1.96 bits per heavy atom. The average Bonchev–Trinajstić information content (AvgIpc) is 2.58. The zero-order valence-electron chi connectivity index (χ0n) is 14.5. The monoisotopic (exact) mass is 446 g/mol. The third-order valence-electron chi connectivity index (χ3n) is 3.82. The molecule has 0 atom stereocenters. The van der Waals surface area contributed by atoms with E-state index in [1.807, 2.05) is 12.1 Å². The predicted octanol–water partition coefficient (Wildman–Crippen LogP) is 5.21. The summed E-state index contributed by atoms with van der Waals surface area (Å²) in [5.41, 5.74) is 2.06. The number of quaternary nitrogens is 1. The molecular formula is C19H23BrCl2NO2+. The normalized spacial score (nSPS) is 10.8. The highest BCUT2D eigenvalue weighted by Crippen LogP contribution is 2.37. The number of nitrogens with two attached hydrogens (primary N) is 1. The fraction of sp³-hybridized carbons (Fsp3) is 0.368. The van der Waals surface area contributed by atoms with Gasteiger partial charge in [0.2, 0.25) is 0 Å². The highest BCUT2D eigenvalue weighted by molar-refractivity contribution is 9.10. The molecule has 25 heavy (non-hydrogen) atoms. The van der Waals surface area contributed by atoms with Crippen molar-refractivity contribution in [1.82, 2.24) is 0 Å². The van der Waals surface area contributed by atoms with E-state index in [4.69, 9.17) is 32.7 Å². The first-order chi connectivity index (χ1) is 12.0. The maximum Gasteiger partial charge on any atom is 0.175 e. The van der Waals surface area contributed by atoms with Crippen LogP contribution >= 0.6 is 39.1 Å². The molecule has 0 fully saturated rings. The minimum atomic E-state index is 0.340. The molecule has 0 aliphatic heterocycles. The zero-order valence-corrected chi connectivity index (χ0v) is 17.5. The lowest BCUT2D eigenvalue weighted by atomic mass is 10.2. The van der Waals surface area contributed by atoms with Crippen molar-refractivity contribution in [3.63, 3.8) is 0 Å². The van der Waals surface area contributed by atoms with Gasteiger partial charge in [0.15, 0.2) is 11.5 Å². The first kappa shape index (κ1) is 20.4. The van der Waals surface area contributed by atoms with Crippen LogP contribution in [0.2, 0.25) is 10.0 Å². The maximum absolute atomic E-state index is 6.21. The number of unbranched alkanes of at least 4 members (excludes halogenated alkanes) is 1. The second-order valence-electron chi connectivity index (χ2n) is 5.77. The van der Waals surface area contributed by atoms with Gasteiger partial charge in [-0.3, -0.25) is 0 Å². The van der Waals surface area contributed by atoms with Gasteiger partial charge >= 0.3 is 0 Å². The Kier molecular flexibility index (Phi) is 8.37. The molecule has 3 nitrogen and oxygen atoms in total. The number of halogens is 3. The van der Waals surface area contributed by atoms with Gasteiger partial charge in [-0.05, 0) is 46.6 Å². The van der Waals surface area contributed by atoms with E-state index < -0.39 is 0 Å². The lowest BCUT2D eigenvalue weighted by molar-refractivity contribution is -0.670. The molecule has 0 saturated carbocycles. The highest BCUT2D eigenvalue weighted by atomic mass is 79.9. The van der Waals surface area contributed by atoms with E-state index >= 15 is 0 Å². The number of rotatable bonds is 9. The van der Waals surface area contributed by atoms with Gasteiger partial charge in [-0.15, -0.1) is 0 Å². The minimum absolute atomic E-state index is 0.340. The summed E-state index contributed by atoms with van der Waals surface area (Å²) < 4.78 is 12.3. The zero-order chi connectivity index (χ0) is 18.2. The van der Waals surface area contributed by atoms with Gasteiger partial charge in [0, 0.05) is 21.2 Å². The van der Waals surface area contributed by atoms with E-state index in [2.05, 4.69) is 34.2 Å². The van der Waals surface area contributed by atoms with Crippen molar-refractivity contribution in [1.29, 1.82) is 0 Å². The minimum Gasteiger partial charge on any atom is -0.493 e. The average molecular weight is 448 g/mol. The smallest absolute Gasteiger partial charge is 0.175 e.